The van der Waals surface area contributed by atoms with E-state index in [9.17, 15) is 24.3 Å². The maximum atomic E-state index is 12.7. The molecule has 2 N–H and O–H groups in total. The first-order valence-electron chi connectivity index (χ1n) is 10.8. The van der Waals surface area contributed by atoms with Crippen molar-refractivity contribution in [2.75, 3.05) is 12.4 Å². The van der Waals surface area contributed by atoms with Gasteiger partial charge in [0.2, 0.25) is 0 Å². The second kappa shape index (κ2) is 9.87. The Morgan fingerprint density at radius 3 is 2.63 bits per heavy atom. The molecule has 2 atom stereocenters. The number of ether oxygens (including phenoxy) is 2. The Bertz CT molecular complexity index is 1230. The molecule has 11 heteroatoms. The third-order valence-electron chi connectivity index (χ3n) is 5.73. The van der Waals surface area contributed by atoms with E-state index in [0.717, 1.165) is 16.0 Å². The standard InChI is InChI=1S/C24H24N2O8S/c1-12-4-5-16(8-13(12)2)33-10-17-6-7-18(34-17)21(28)25-19-22(29)26-20(24(30)31)15(9-32-14(3)27)11-35-23(19)26/h4-8,19,23H,9-11H2,1-3H3,(H,25,28)(H,30,31)/t19-,23-/m0/s1. The van der Waals surface area contributed by atoms with Crippen LogP contribution in [0.25, 0.3) is 0 Å². The van der Waals surface area contributed by atoms with Crippen molar-refractivity contribution in [2.24, 2.45) is 0 Å². The molecule has 2 aromatic rings. The fourth-order valence-corrected chi connectivity index (χ4v) is 5.06. The van der Waals surface area contributed by atoms with E-state index in [1.165, 1.54) is 24.8 Å². The summed E-state index contributed by atoms with van der Waals surface area (Å²) in [5, 5.41) is 11.6. The normalized spacial score (nSPS) is 19.1. The van der Waals surface area contributed by atoms with E-state index in [4.69, 9.17) is 13.9 Å². The van der Waals surface area contributed by atoms with E-state index in [-0.39, 0.29) is 30.4 Å². The number of carboxylic acid groups (broad SMARTS) is 1. The summed E-state index contributed by atoms with van der Waals surface area (Å²) in [5.41, 5.74) is 2.36. The first kappa shape index (κ1) is 24.4. The van der Waals surface area contributed by atoms with Crippen LogP contribution in [0.15, 0.2) is 46.0 Å². The zero-order chi connectivity index (χ0) is 25.3. The monoisotopic (exact) mass is 500 g/mol. The van der Waals surface area contributed by atoms with Crippen molar-refractivity contribution in [1.82, 2.24) is 10.2 Å². The lowest BCUT2D eigenvalue weighted by Gasteiger charge is -2.49. The van der Waals surface area contributed by atoms with E-state index in [1.54, 1.807) is 6.07 Å². The summed E-state index contributed by atoms with van der Waals surface area (Å²) < 4.78 is 16.2. The Labute approximate surface area is 205 Å². The van der Waals surface area contributed by atoms with Crippen LogP contribution in [0.3, 0.4) is 0 Å². The molecule has 0 spiro atoms. The van der Waals surface area contributed by atoms with Gasteiger partial charge in [-0.1, -0.05) is 6.07 Å². The molecular weight excluding hydrogens is 476 g/mol. The Morgan fingerprint density at radius 2 is 1.94 bits per heavy atom. The highest BCUT2D eigenvalue weighted by molar-refractivity contribution is 8.00. The van der Waals surface area contributed by atoms with Crippen molar-refractivity contribution in [3.05, 3.63) is 64.2 Å². The summed E-state index contributed by atoms with van der Waals surface area (Å²) in [6.45, 7) is 5.13. The van der Waals surface area contributed by atoms with Gasteiger partial charge >= 0.3 is 11.9 Å². The average molecular weight is 501 g/mol. The predicted octanol–water partition coefficient (Wildman–Crippen LogP) is 2.39. The molecule has 4 rings (SSSR count). The van der Waals surface area contributed by atoms with Gasteiger partial charge in [0.25, 0.3) is 11.8 Å². The summed E-state index contributed by atoms with van der Waals surface area (Å²) >= 11 is 1.28. The van der Waals surface area contributed by atoms with Crippen molar-refractivity contribution in [1.29, 1.82) is 0 Å². The zero-order valence-electron chi connectivity index (χ0n) is 19.3. The van der Waals surface area contributed by atoms with Crippen LogP contribution in [0.5, 0.6) is 5.75 Å². The molecule has 1 fully saturated rings. The number of rotatable bonds is 8. The van der Waals surface area contributed by atoms with Crippen LogP contribution in [0.4, 0.5) is 0 Å². The molecule has 1 aromatic heterocycles. The van der Waals surface area contributed by atoms with E-state index in [2.05, 4.69) is 5.32 Å². The zero-order valence-corrected chi connectivity index (χ0v) is 20.1. The van der Waals surface area contributed by atoms with Crippen molar-refractivity contribution in [3.63, 3.8) is 0 Å². The largest absolute Gasteiger partial charge is 0.486 e. The Hall–Kier alpha value is -3.73. The summed E-state index contributed by atoms with van der Waals surface area (Å²) in [4.78, 5) is 49.4. The molecule has 3 heterocycles. The number of aliphatic carboxylic acids is 1. The number of carboxylic acids is 1. The molecule has 0 bridgehead atoms. The van der Waals surface area contributed by atoms with Crippen LogP contribution in [0.2, 0.25) is 0 Å². The van der Waals surface area contributed by atoms with Gasteiger partial charge in [-0.25, -0.2) is 4.79 Å². The molecule has 184 valence electrons. The number of thioether (sulfide) groups is 1. The fourth-order valence-electron chi connectivity index (χ4n) is 3.73. The molecule has 1 saturated heterocycles. The lowest BCUT2D eigenvalue weighted by molar-refractivity contribution is -0.149. The van der Waals surface area contributed by atoms with Gasteiger partial charge < -0.3 is 24.3 Å². The number of nitrogens with one attached hydrogen (secondary N) is 1. The third-order valence-corrected chi connectivity index (χ3v) is 7.07. The predicted molar refractivity (Wildman–Crippen MR) is 125 cm³/mol. The van der Waals surface area contributed by atoms with Gasteiger partial charge in [0.1, 0.15) is 41.8 Å². The number of aryl methyl sites for hydroxylation is 2. The summed E-state index contributed by atoms with van der Waals surface area (Å²) in [6, 6.07) is 7.93. The number of amides is 2. The van der Waals surface area contributed by atoms with Gasteiger partial charge in [0, 0.05) is 18.2 Å². The molecule has 2 aliphatic heterocycles. The van der Waals surface area contributed by atoms with Crippen molar-refractivity contribution >= 4 is 35.5 Å². The lowest BCUT2D eigenvalue weighted by atomic mass is 10.0. The SMILES string of the molecule is CC(=O)OCC1=C(C(=O)O)N2C(=O)[C@H](NC(=O)c3ccc(COc4ccc(C)c(C)c4)o3)[C@@H]2SC1. The van der Waals surface area contributed by atoms with Crippen molar-refractivity contribution < 1.29 is 38.2 Å². The number of hydrogen-bond donors (Lipinski definition) is 2. The summed E-state index contributed by atoms with van der Waals surface area (Å²) in [7, 11) is 0. The Kier molecular flexibility index (Phi) is 6.88. The van der Waals surface area contributed by atoms with E-state index in [0.29, 0.717) is 17.1 Å². The van der Waals surface area contributed by atoms with Gasteiger partial charge in [0.05, 0.1) is 0 Å². The van der Waals surface area contributed by atoms with Gasteiger partial charge in [0.15, 0.2) is 5.76 Å². The van der Waals surface area contributed by atoms with E-state index >= 15 is 0 Å². The van der Waals surface area contributed by atoms with Crippen LogP contribution in [0, 0.1) is 13.8 Å². The van der Waals surface area contributed by atoms with Gasteiger partial charge in [-0.05, 0) is 49.2 Å². The van der Waals surface area contributed by atoms with Crippen LogP contribution in [-0.2, 0) is 25.7 Å². The smallest absolute Gasteiger partial charge is 0.352 e. The molecule has 0 saturated carbocycles. The molecule has 2 amide bonds. The number of fused-ring (bicyclic) bond motifs is 1. The molecule has 2 aliphatic rings. The second-order valence-corrected chi connectivity index (χ2v) is 9.30. The maximum absolute atomic E-state index is 12.7. The van der Waals surface area contributed by atoms with Crippen molar-refractivity contribution in [3.8, 4) is 5.75 Å². The molecule has 1 aromatic carbocycles. The first-order valence-corrected chi connectivity index (χ1v) is 11.8. The quantitative estimate of drug-likeness (QED) is 0.414. The Morgan fingerprint density at radius 1 is 1.17 bits per heavy atom. The van der Waals surface area contributed by atoms with Gasteiger partial charge in [-0.15, -0.1) is 11.8 Å². The van der Waals surface area contributed by atoms with Crippen LogP contribution in [0.1, 0.15) is 34.4 Å². The summed E-state index contributed by atoms with van der Waals surface area (Å²) in [5.74, 6) is -1.61. The molecular formula is C24H24N2O8S. The number of nitrogens with zero attached hydrogens (tertiary/aromatic N) is 1. The number of esters is 1. The number of β-lactam (4-membered cyclic amide) rings is 1. The highest BCUT2D eigenvalue weighted by Crippen LogP contribution is 2.40. The molecule has 0 aliphatic carbocycles. The second-order valence-electron chi connectivity index (χ2n) is 8.20. The Balaban J connectivity index is 1.38. The highest BCUT2D eigenvalue weighted by atomic mass is 32.2. The minimum atomic E-state index is -1.30. The average Bonchev–Trinajstić information content (AvgIpc) is 3.30. The minimum Gasteiger partial charge on any atom is -0.486 e. The fraction of sp³-hybridized carbons (Fsp3) is 0.333. The lowest BCUT2D eigenvalue weighted by Crippen LogP contribution is -2.70. The topological polar surface area (TPSA) is 135 Å². The minimum absolute atomic E-state index is 0.0142. The first-order chi connectivity index (χ1) is 16.7. The highest BCUT2D eigenvalue weighted by Gasteiger charge is 2.54. The number of benzene rings is 1. The number of carbonyl (C=O) groups is 4. The van der Waals surface area contributed by atoms with Gasteiger partial charge in [-0.2, -0.15) is 0 Å². The summed E-state index contributed by atoms with van der Waals surface area (Å²) in [6.07, 6.45) is 0. The van der Waals surface area contributed by atoms with Crippen LogP contribution >= 0.6 is 11.8 Å². The number of carbonyl (C=O) groups excluding carboxylic acids is 3. The van der Waals surface area contributed by atoms with Crippen LogP contribution in [-0.4, -0.2) is 57.5 Å². The maximum Gasteiger partial charge on any atom is 0.352 e. The molecule has 10 nitrogen and oxygen atoms in total. The van der Waals surface area contributed by atoms with E-state index < -0.39 is 35.2 Å². The van der Waals surface area contributed by atoms with Crippen LogP contribution < -0.4 is 10.1 Å². The third kappa shape index (κ3) is 5.04. The number of furan rings is 1. The molecule has 35 heavy (non-hydrogen) atoms. The van der Waals surface area contributed by atoms with Gasteiger partial charge in [-0.3, -0.25) is 19.3 Å². The number of hydrogen-bond acceptors (Lipinski definition) is 8. The van der Waals surface area contributed by atoms with E-state index in [1.807, 2.05) is 32.0 Å². The van der Waals surface area contributed by atoms with Crippen molar-refractivity contribution in [2.45, 2.75) is 38.8 Å². The molecule has 0 unspecified atom stereocenters. The molecule has 0 radical (unpaired) electrons.